The van der Waals surface area contributed by atoms with E-state index in [-0.39, 0.29) is 17.3 Å². The Kier molecular flexibility index (Phi) is 4.75. The lowest BCUT2D eigenvalue weighted by Gasteiger charge is -2.29. The lowest BCUT2D eigenvalue weighted by atomic mass is 10.2. The second-order valence-electron chi connectivity index (χ2n) is 4.24. The van der Waals surface area contributed by atoms with Crippen molar-refractivity contribution in [2.24, 2.45) is 0 Å². The van der Waals surface area contributed by atoms with E-state index in [1.54, 1.807) is 12.1 Å². The third-order valence-corrected chi connectivity index (χ3v) is 3.19. The number of nitrogens with zero attached hydrogens (tertiary/aromatic N) is 2. The van der Waals surface area contributed by atoms with Crippen molar-refractivity contribution < 1.29 is 14.5 Å². The number of morpholine rings is 1. The molecule has 0 bridgehead atoms. The number of hydrogen-bond donors (Lipinski definition) is 1. The second kappa shape index (κ2) is 6.53. The van der Waals surface area contributed by atoms with Crippen LogP contribution in [0.25, 0.3) is 0 Å². The van der Waals surface area contributed by atoms with Crippen LogP contribution in [0.4, 0.5) is 17.1 Å². The van der Waals surface area contributed by atoms with Crippen LogP contribution >= 0.6 is 11.6 Å². The summed E-state index contributed by atoms with van der Waals surface area (Å²) in [5.74, 6) is -0.729. The van der Waals surface area contributed by atoms with Gasteiger partial charge in [0.2, 0.25) is 5.91 Å². The second-order valence-corrected chi connectivity index (χ2v) is 4.51. The van der Waals surface area contributed by atoms with E-state index in [9.17, 15) is 14.9 Å². The number of amides is 1. The lowest BCUT2D eigenvalue weighted by molar-refractivity contribution is -0.383. The molecule has 1 aromatic rings. The summed E-state index contributed by atoms with van der Waals surface area (Å²) in [6, 6.07) is 4.64. The van der Waals surface area contributed by atoms with Crippen molar-refractivity contribution in [1.29, 1.82) is 0 Å². The number of benzene rings is 1. The number of alkyl halides is 1. The first kappa shape index (κ1) is 14.5. The Balaban J connectivity index is 2.29. The molecule has 1 aromatic carbocycles. The molecule has 20 heavy (non-hydrogen) atoms. The van der Waals surface area contributed by atoms with E-state index in [4.69, 9.17) is 16.3 Å². The first-order valence-corrected chi connectivity index (χ1v) is 6.62. The zero-order valence-electron chi connectivity index (χ0n) is 10.7. The Labute approximate surface area is 120 Å². The predicted molar refractivity (Wildman–Crippen MR) is 75.5 cm³/mol. The highest BCUT2D eigenvalue weighted by molar-refractivity contribution is 6.29. The zero-order valence-corrected chi connectivity index (χ0v) is 11.4. The largest absolute Gasteiger partial charge is 0.378 e. The van der Waals surface area contributed by atoms with Crippen LogP contribution in [0.1, 0.15) is 0 Å². The van der Waals surface area contributed by atoms with Crippen LogP contribution in [-0.4, -0.2) is 43.0 Å². The summed E-state index contributed by atoms with van der Waals surface area (Å²) in [6.45, 7) is 2.64. The van der Waals surface area contributed by atoms with Gasteiger partial charge < -0.3 is 15.0 Å². The fraction of sp³-hybridized carbons (Fsp3) is 0.417. The molecule has 0 spiro atoms. The molecule has 0 radical (unpaired) electrons. The van der Waals surface area contributed by atoms with Crippen molar-refractivity contribution in [2.75, 3.05) is 42.4 Å². The van der Waals surface area contributed by atoms with Crippen molar-refractivity contribution in [3.63, 3.8) is 0 Å². The molecule has 0 saturated carbocycles. The lowest BCUT2D eigenvalue weighted by Crippen LogP contribution is -2.36. The van der Waals surface area contributed by atoms with E-state index >= 15 is 0 Å². The number of carbonyl (C=O) groups excluding carboxylic acids is 1. The summed E-state index contributed by atoms with van der Waals surface area (Å²) in [6.07, 6.45) is 0. The molecule has 1 aliphatic rings. The van der Waals surface area contributed by atoms with Gasteiger partial charge in [-0.15, -0.1) is 11.6 Å². The quantitative estimate of drug-likeness (QED) is 0.519. The van der Waals surface area contributed by atoms with Gasteiger partial charge in [-0.3, -0.25) is 14.9 Å². The highest BCUT2D eigenvalue weighted by atomic mass is 35.5. The van der Waals surface area contributed by atoms with Crippen LogP contribution in [-0.2, 0) is 9.53 Å². The van der Waals surface area contributed by atoms with E-state index in [1.807, 2.05) is 4.90 Å². The average Bonchev–Trinajstić information content (AvgIpc) is 2.47. The van der Waals surface area contributed by atoms with Gasteiger partial charge in [-0.25, -0.2) is 0 Å². The molecule has 1 aliphatic heterocycles. The van der Waals surface area contributed by atoms with E-state index in [1.165, 1.54) is 6.07 Å². The molecule has 1 fully saturated rings. The third kappa shape index (κ3) is 3.37. The summed E-state index contributed by atoms with van der Waals surface area (Å²) >= 11 is 5.41. The number of nitrogens with one attached hydrogen (secondary N) is 1. The number of hydrogen-bond acceptors (Lipinski definition) is 5. The number of anilines is 2. The SMILES string of the molecule is O=C(CCl)Nc1cc(N2CCOCC2)ccc1[N+](=O)[O-]. The summed E-state index contributed by atoms with van der Waals surface area (Å²) in [7, 11) is 0. The number of rotatable bonds is 4. The molecular formula is C12H14ClN3O4. The van der Waals surface area contributed by atoms with Gasteiger partial charge in [0, 0.05) is 24.8 Å². The van der Waals surface area contributed by atoms with Gasteiger partial charge in [-0.1, -0.05) is 0 Å². The number of nitro benzene ring substituents is 1. The standard InChI is InChI=1S/C12H14ClN3O4/c13-8-12(17)14-10-7-9(1-2-11(10)16(18)19)15-3-5-20-6-4-15/h1-2,7H,3-6,8H2,(H,14,17). The molecule has 1 saturated heterocycles. The van der Waals surface area contributed by atoms with E-state index in [0.717, 1.165) is 5.69 Å². The third-order valence-electron chi connectivity index (χ3n) is 2.95. The van der Waals surface area contributed by atoms with Gasteiger partial charge in [0.25, 0.3) is 5.69 Å². The van der Waals surface area contributed by atoms with Crippen molar-refractivity contribution in [2.45, 2.75) is 0 Å². The molecule has 1 heterocycles. The van der Waals surface area contributed by atoms with Gasteiger partial charge in [0.05, 0.1) is 18.1 Å². The molecule has 7 nitrogen and oxygen atoms in total. The Bertz CT molecular complexity index is 517. The molecule has 108 valence electrons. The summed E-state index contributed by atoms with van der Waals surface area (Å²) in [4.78, 5) is 23.8. The van der Waals surface area contributed by atoms with Crippen molar-refractivity contribution >= 4 is 34.6 Å². The van der Waals surface area contributed by atoms with E-state index < -0.39 is 10.8 Å². The number of carbonyl (C=O) groups is 1. The van der Waals surface area contributed by atoms with Gasteiger partial charge >= 0.3 is 0 Å². The first-order chi connectivity index (χ1) is 9.61. The maximum absolute atomic E-state index is 11.3. The average molecular weight is 300 g/mol. The number of halogens is 1. The minimum Gasteiger partial charge on any atom is -0.378 e. The topological polar surface area (TPSA) is 84.7 Å². The first-order valence-electron chi connectivity index (χ1n) is 6.09. The summed E-state index contributed by atoms with van der Waals surface area (Å²) in [5, 5.41) is 13.4. The normalized spacial score (nSPS) is 14.9. The fourth-order valence-electron chi connectivity index (χ4n) is 1.99. The summed E-state index contributed by atoms with van der Waals surface area (Å²) < 4.78 is 5.26. The molecular weight excluding hydrogens is 286 g/mol. The highest BCUT2D eigenvalue weighted by Crippen LogP contribution is 2.30. The van der Waals surface area contributed by atoms with E-state index in [2.05, 4.69) is 5.32 Å². The fourth-order valence-corrected chi connectivity index (χ4v) is 2.05. The Hall–Kier alpha value is -1.86. The molecule has 8 heteroatoms. The molecule has 0 aromatic heterocycles. The van der Waals surface area contributed by atoms with Gasteiger partial charge in [0.1, 0.15) is 11.6 Å². The zero-order chi connectivity index (χ0) is 14.5. The Morgan fingerprint density at radius 3 is 2.75 bits per heavy atom. The van der Waals surface area contributed by atoms with Gasteiger partial charge in [-0.05, 0) is 12.1 Å². The Morgan fingerprint density at radius 2 is 2.15 bits per heavy atom. The van der Waals surface area contributed by atoms with Crippen molar-refractivity contribution in [3.8, 4) is 0 Å². The van der Waals surface area contributed by atoms with Gasteiger partial charge in [0.15, 0.2) is 0 Å². The maximum Gasteiger partial charge on any atom is 0.292 e. The van der Waals surface area contributed by atoms with Crippen LogP contribution in [0.2, 0.25) is 0 Å². The van der Waals surface area contributed by atoms with Crippen LogP contribution < -0.4 is 10.2 Å². The van der Waals surface area contributed by atoms with Crippen LogP contribution in [0.3, 0.4) is 0 Å². The number of ether oxygens (including phenoxy) is 1. The van der Waals surface area contributed by atoms with E-state index in [0.29, 0.717) is 26.3 Å². The molecule has 2 rings (SSSR count). The monoisotopic (exact) mass is 299 g/mol. The Morgan fingerprint density at radius 1 is 1.45 bits per heavy atom. The maximum atomic E-state index is 11.3. The molecule has 0 unspecified atom stereocenters. The smallest absolute Gasteiger partial charge is 0.292 e. The minimum absolute atomic E-state index is 0.152. The van der Waals surface area contributed by atoms with Crippen molar-refractivity contribution in [3.05, 3.63) is 28.3 Å². The number of nitro groups is 1. The molecule has 1 amide bonds. The van der Waals surface area contributed by atoms with Crippen LogP contribution in [0.5, 0.6) is 0 Å². The molecule has 1 N–H and O–H groups in total. The predicted octanol–water partition coefficient (Wildman–Crippen LogP) is 1.61. The highest BCUT2D eigenvalue weighted by Gasteiger charge is 2.19. The van der Waals surface area contributed by atoms with Crippen molar-refractivity contribution in [1.82, 2.24) is 0 Å². The van der Waals surface area contributed by atoms with Gasteiger partial charge in [-0.2, -0.15) is 0 Å². The molecule has 0 aliphatic carbocycles. The summed E-state index contributed by atoms with van der Waals surface area (Å²) in [5.41, 5.74) is 0.814. The van der Waals surface area contributed by atoms with Crippen LogP contribution in [0.15, 0.2) is 18.2 Å². The van der Waals surface area contributed by atoms with Crippen LogP contribution in [0, 0.1) is 10.1 Å². The minimum atomic E-state index is -0.535. The molecule has 0 atom stereocenters.